The van der Waals surface area contributed by atoms with Crippen LogP contribution in [-0.4, -0.2) is 61.7 Å². The van der Waals surface area contributed by atoms with Gasteiger partial charge in [0.25, 0.3) is 11.8 Å². The number of hydrogen-bond acceptors (Lipinski definition) is 7. The van der Waals surface area contributed by atoms with Crippen molar-refractivity contribution in [3.8, 4) is 16.9 Å². The van der Waals surface area contributed by atoms with Crippen LogP contribution in [0.4, 0.5) is 27.6 Å². The summed E-state index contributed by atoms with van der Waals surface area (Å²) >= 11 is 1.17. The molecule has 54 heavy (non-hydrogen) atoms. The molecule has 0 radical (unpaired) electrons. The van der Waals surface area contributed by atoms with Gasteiger partial charge in [-0.25, -0.2) is 8.78 Å². The van der Waals surface area contributed by atoms with Gasteiger partial charge in [-0.05, 0) is 67.5 Å². The second-order valence-electron chi connectivity index (χ2n) is 12.1. The van der Waals surface area contributed by atoms with Gasteiger partial charge in [0.2, 0.25) is 17.6 Å². The minimum Gasteiger partial charge on any atom is -0.420 e. The number of alkyl halides is 3. The third-order valence-electron chi connectivity index (χ3n) is 8.28. The maximum absolute atomic E-state index is 16.1. The fraction of sp³-hybridized carbons (Fsp3) is 0.289. The number of thiophene rings is 1. The van der Waals surface area contributed by atoms with Crippen molar-refractivity contribution in [1.82, 2.24) is 15.5 Å². The zero-order valence-corrected chi connectivity index (χ0v) is 30.5. The van der Waals surface area contributed by atoms with Crippen LogP contribution in [-0.2, 0) is 26.0 Å². The average molecular weight is 773 g/mol. The Balaban J connectivity index is 1.61. The SMILES string of the molecule is CCNC(=O)C(CCCC(=O)Oc1c(F)cc(NC(=O)c2ccccc2-c2ccc(C(F)(F)F)cc2)c(C(=O)N(C)C)c1F)(C(=O)NCC)c1cccs1. The van der Waals surface area contributed by atoms with Gasteiger partial charge in [-0.1, -0.05) is 36.4 Å². The van der Waals surface area contributed by atoms with Crippen LogP contribution in [0, 0.1) is 11.6 Å². The van der Waals surface area contributed by atoms with Crippen LogP contribution in [0.3, 0.4) is 0 Å². The first-order valence-corrected chi connectivity index (χ1v) is 17.6. The number of ether oxygens (including phenoxy) is 1. The monoisotopic (exact) mass is 772 g/mol. The Morgan fingerprint density at radius 1 is 0.852 bits per heavy atom. The first-order chi connectivity index (χ1) is 25.6. The van der Waals surface area contributed by atoms with Crippen molar-refractivity contribution in [1.29, 1.82) is 0 Å². The topological polar surface area (TPSA) is 134 Å². The fourth-order valence-electron chi connectivity index (χ4n) is 5.67. The van der Waals surface area contributed by atoms with Crippen molar-refractivity contribution < 1.29 is 50.7 Å². The van der Waals surface area contributed by atoms with E-state index in [0.717, 1.165) is 17.0 Å². The molecule has 0 aliphatic heterocycles. The van der Waals surface area contributed by atoms with Crippen molar-refractivity contribution >= 4 is 46.6 Å². The number of anilines is 1. The molecule has 0 aliphatic rings. The van der Waals surface area contributed by atoms with Gasteiger partial charge < -0.3 is 25.6 Å². The Morgan fingerprint density at radius 3 is 2.04 bits per heavy atom. The second kappa shape index (κ2) is 17.5. The van der Waals surface area contributed by atoms with Crippen LogP contribution >= 0.6 is 11.3 Å². The summed E-state index contributed by atoms with van der Waals surface area (Å²) in [5.74, 6) is -8.54. The van der Waals surface area contributed by atoms with E-state index in [1.165, 1.54) is 61.8 Å². The van der Waals surface area contributed by atoms with Crippen molar-refractivity contribution in [2.45, 2.75) is 44.7 Å². The highest BCUT2D eigenvalue weighted by Gasteiger charge is 2.47. The summed E-state index contributed by atoms with van der Waals surface area (Å²) in [5.41, 5.74) is -3.71. The molecule has 0 spiro atoms. The Kier molecular flexibility index (Phi) is 13.3. The molecular formula is C38H37F5N4O6S. The van der Waals surface area contributed by atoms with Crippen LogP contribution in [0.1, 0.15) is 64.3 Å². The Hall–Kier alpha value is -5.64. The molecular weight excluding hydrogens is 735 g/mol. The number of rotatable bonds is 14. The Labute approximate surface area is 311 Å². The molecule has 0 atom stereocenters. The van der Waals surface area contributed by atoms with Gasteiger partial charge in [-0.15, -0.1) is 11.3 Å². The van der Waals surface area contributed by atoms with Crippen molar-refractivity contribution in [3.05, 3.63) is 105 Å². The number of nitrogens with zero attached hydrogens (tertiary/aromatic N) is 1. The predicted octanol–water partition coefficient (Wildman–Crippen LogP) is 6.95. The molecule has 4 aromatic rings. The minimum absolute atomic E-state index is 0.0873. The summed E-state index contributed by atoms with van der Waals surface area (Å²) in [4.78, 5) is 67.8. The number of carbonyl (C=O) groups excluding carboxylic acids is 5. The van der Waals surface area contributed by atoms with Gasteiger partial charge in [0.1, 0.15) is 5.56 Å². The summed E-state index contributed by atoms with van der Waals surface area (Å²) in [7, 11) is 2.54. The quantitative estimate of drug-likeness (QED) is 0.0550. The van der Waals surface area contributed by atoms with E-state index in [9.17, 15) is 37.1 Å². The summed E-state index contributed by atoms with van der Waals surface area (Å²) in [6.07, 6.45) is -5.35. The van der Waals surface area contributed by atoms with Crippen LogP contribution in [0.15, 0.2) is 72.1 Å². The van der Waals surface area contributed by atoms with E-state index in [0.29, 0.717) is 10.9 Å². The van der Waals surface area contributed by atoms with Gasteiger partial charge in [0.15, 0.2) is 17.0 Å². The molecule has 0 unspecified atom stereocenters. The zero-order valence-electron chi connectivity index (χ0n) is 29.7. The van der Waals surface area contributed by atoms with Gasteiger partial charge in [0.05, 0.1) is 11.3 Å². The lowest BCUT2D eigenvalue weighted by molar-refractivity contribution is -0.140. The van der Waals surface area contributed by atoms with E-state index in [4.69, 9.17) is 4.74 Å². The third kappa shape index (κ3) is 8.93. The molecule has 0 saturated heterocycles. The molecule has 1 heterocycles. The smallest absolute Gasteiger partial charge is 0.416 e. The molecule has 16 heteroatoms. The first kappa shape index (κ1) is 41.1. The van der Waals surface area contributed by atoms with Crippen LogP contribution in [0.25, 0.3) is 11.1 Å². The highest BCUT2D eigenvalue weighted by Crippen LogP contribution is 2.37. The summed E-state index contributed by atoms with van der Waals surface area (Å²) < 4.78 is 76.1. The number of hydrogen-bond donors (Lipinski definition) is 3. The molecule has 0 fully saturated rings. The minimum atomic E-state index is -4.59. The molecule has 0 bridgehead atoms. The summed E-state index contributed by atoms with van der Waals surface area (Å²) in [6.45, 7) is 3.82. The Bertz CT molecular complexity index is 2000. The van der Waals surface area contributed by atoms with Gasteiger partial charge in [-0.2, -0.15) is 13.2 Å². The molecule has 286 valence electrons. The highest BCUT2D eigenvalue weighted by atomic mass is 32.1. The van der Waals surface area contributed by atoms with Gasteiger partial charge in [0, 0.05) is 50.1 Å². The molecule has 10 nitrogen and oxygen atoms in total. The van der Waals surface area contributed by atoms with Crippen LogP contribution in [0.2, 0.25) is 0 Å². The standard InChI is InChI=1S/C38H37F5N4O6S/c1-5-44-35(51)37(36(52)45-6-2,28-13-10-20-54-28)19-9-14-29(48)53-32-26(39)21-27(30(31(32)40)34(50)47(3)4)46-33(49)25-12-8-7-11-24(25)22-15-17-23(18-16-22)38(41,42)43/h7-8,10-13,15-18,20-21H,5-6,9,14,19H2,1-4H3,(H,44,51)(H,45,52)(H,46,49). The second-order valence-corrected chi connectivity index (χ2v) is 13.1. The third-order valence-corrected chi connectivity index (χ3v) is 9.31. The largest absolute Gasteiger partial charge is 0.420 e. The molecule has 0 saturated carbocycles. The van der Waals surface area contributed by atoms with Crippen LogP contribution < -0.4 is 20.7 Å². The molecule has 3 N–H and O–H groups in total. The van der Waals surface area contributed by atoms with E-state index in [1.54, 1.807) is 31.4 Å². The lowest BCUT2D eigenvalue weighted by Gasteiger charge is -2.30. The lowest BCUT2D eigenvalue weighted by Crippen LogP contribution is -2.54. The molecule has 4 rings (SSSR count). The number of benzene rings is 3. The molecule has 3 aromatic carbocycles. The number of nitrogens with one attached hydrogen (secondary N) is 3. The Morgan fingerprint density at radius 2 is 1.48 bits per heavy atom. The number of likely N-dealkylation sites (N-methyl/N-ethyl adjacent to an activating group) is 2. The fourth-order valence-corrected chi connectivity index (χ4v) is 6.62. The molecule has 1 aromatic heterocycles. The van der Waals surface area contributed by atoms with Gasteiger partial charge in [-0.3, -0.25) is 24.0 Å². The predicted molar refractivity (Wildman–Crippen MR) is 192 cm³/mol. The van der Waals surface area contributed by atoms with E-state index in [-0.39, 0.29) is 42.6 Å². The maximum Gasteiger partial charge on any atom is 0.416 e. The number of carbonyl (C=O) groups is 5. The van der Waals surface area contributed by atoms with Crippen LogP contribution in [0.5, 0.6) is 5.75 Å². The van der Waals surface area contributed by atoms with Gasteiger partial charge >= 0.3 is 12.1 Å². The maximum atomic E-state index is 16.1. The summed E-state index contributed by atoms with van der Waals surface area (Å²) in [5, 5.41) is 9.35. The number of esters is 1. The number of halogens is 5. The molecule has 0 aliphatic carbocycles. The van der Waals surface area contributed by atoms with E-state index in [2.05, 4.69) is 16.0 Å². The summed E-state index contributed by atoms with van der Waals surface area (Å²) in [6, 6.07) is 13.7. The average Bonchev–Trinajstić information content (AvgIpc) is 3.67. The number of amides is 4. The van der Waals surface area contributed by atoms with E-state index < -0.39 is 81.8 Å². The molecule has 4 amide bonds. The normalized spacial score (nSPS) is 11.4. The van der Waals surface area contributed by atoms with E-state index in [1.807, 2.05) is 0 Å². The highest BCUT2D eigenvalue weighted by molar-refractivity contribution is 7.10. The first-order valence-electron chi connectivity index (χ1n) is 16.7. The van der Waals surface area contributed by atoms with Crippen molar-refractivity contribution in [2.75, 3.05) is 32.5 Å². The zero-order chi connectivity index (χ0) is 39.8. The van der Waals surface area contributed by atoms with Crippen molar-refractivity contribution in [3.63, 3.8) is 0 Å². The van der Waals surface area contributed by atoms with Crippen molar-refractivity contribution in [2.24, 2.45) is 0 Å². The van der Waals surface area contributed by atoms with E-state index >= 15 is 8.78 Å². The lowest BCUT2D eigenvalue weighted by atomic mass is 9.79.